The van der Waals surface area contributed by atoms with Crippen LogP contribution in [0, 0.1) is 0 Å². The average molecular weight is 328 g/mol. The molecule has 0 aliphatic carbocycles. The third kappa shape index (κ3) is 4.58. The van der Waals surface area contributed by atoms with Gasteiger partial charge in [-0.2, -0.15) is 0 Å². The number of hydrogen-bond acceptors (Lipinski definition) is 6. The lowest BCUT2D eigenvalue weighted by Gasteiger charge is -2.10. The van der Waals surface area contributed by atoms with Crippen LogP contribution < -0.4 is 4.74 Å². The van der Waals surface area contributed by atoms with E-state index in [2.05, 4.69) is 10.2 Å². The van der Waals surface area contributed by atoms with Crippen LogP contribution in [0.4, 0.5) is 0 Å². The van der Waals surface area contributed by atoms with Gasteiger partial charge in [-0.1, -0.05) is 48.2 Å². The highest BCUT2D eigenvalue weighted by molar-refractivity contribution is 7.99. The Morgan fingerprint density at radius 2 is 1.70 bits per heavy atom. The van der Waals surface area contributed by atoms with Gasteiger partial charge in [-0.05, 0) is 24.3 Å². The third-order valence-corrected chi connectivity index (χ3v) is 3.98. The van der Waals surface area contributed by atoms with Gasteiger partial charge in [0.05, 0.1) is 6.10 Å². The summed E-state index contributed by atoms with van der Waals surface area (Å²) in [5.41, 5.74) is 0.875. The molecule has 0 saturated heterocycles. The van der Waals surface area contributed by atoms with Crippen molar-refractivity contribution in [2.75, 3.05) is 12.4 Å². The quantitative estimate of drug-likeness (QED) is 0.671. The van der Waals surface area contributed by atoms with Crippen molar-refractivity contribution in [3.63, 3.8) is 0 Å². The smallest absolute Gasteiger partial charge is 0.276 e. The molecule has 3 aromatic rings. The van der Waals surface area contributed by atoms with E-state index in [4.69, 9.17) is 9.15 Å². The number of aliphatic hydroxyl groups is 1. The summed E-state index contributed by atoms with van der Waals surface area (Å²) in [7, 11) is 0. The molecule has 118 valence electrons. The maximum atomic E-state index is 9.96. The molecule has 1 atom stereocenters. The first-order valence-electron chi connectivity index (χ1n) is 7.19. The van der Waals surface area contributed by atoms with Crippen LogP contribution in [-0.2, 0) is 0 Å². The molecule has 1 heterocycles. The Labute approximate surface area is 138 Å². The summed E-state index contributed by atoms with van der Waals surface area (Å²) in [4.78, 5) is 0. The van der Waals surface area contributed by atoms with Crippen LogP contribution in [0.2, 0.25) is 0 Å². The molecular formula is C17H16N2O3S. The zero-order valence-corrected chi connectivity index (χ0v) is 13.1. The summed E-state index contributed by atoms with van der Waals surface area (Å²) in [5.74, 6) is 1.63. The van der Waals surface area contributed by atoms with E-state index in [0.29, 0.717) is 16.9 Å². The van der Waals surface area contributed by atoms with E-state index in [0.717, 1.165) is 11.3 Å². The normalized spacial score (nSPS) is 12.0. The van der Waals surface area contributed by atoms with Gasteiger partial charge in [0.1, 0.15) is 12.4 Å². The molecule has 1 aromatic heterocycles. The number of thioether (sulfide) groups is 1. The molecule has 2 aromatic carbocycles. The SMILES string of the molecule is O[C@H](COc1ccccc1)CSc1nnc(-c2ccccc2)o1. The Morgan fingerprint density at radius 1 is 1.00 bits per heavy atom. The molecule has 5 nitrogen and oxygen atoms in total. The fraction of sp³-hybridized carbons (Fsp3) is 0.176. The largest absolute Gasteiger partial charge is 0.491 e. The van der Waals surface area contributed by atoms with Crippen LogP contribution in [0.3, 0.4) is 0 Å². The summed E-state index contributed by atoms with van der Waals surface area (Å²) in [5, 5.41) is 18.4. The van der Waals surface area contributed by atoms with Gasteiger partial charge in [-0.3, -0.25) is 0 Å². The number of aromatic nitrogens is 2. The van der Waals surface area contributed by atoms with E-state index in [-0.39, 0.29) is 6.61 Å². The van der Waals surface area contributed by atoms with Crippen LogP contribution in [0.1, 0.15) is 0 Å². The molecule has 3 rings (SSSR count). The lowest BCUT2D eigenvalue weighted by Crippen LogP contribution is -2.20. The predicted octanol–water partition coefficient (Wildman–Crippen LogP) is 3.27. The minimum atomic E-state index is -0.618. The van der Waals surface area contributed by atoms with E-state index in [9.17, 15) is 5.11 Å². The molecule has 6 heteroatoms. The monoisotopic (exact) mass is 328 g/mol. The minimum Gasteiger partial charge on any atom is -0.491 e. The topological polar surface area (TPSA) is 68.4 Å². The van der Waals surface area contributed by atoms with Gasteiger partial charge in [-0.15, -0.1) is 10.2 Å². The van der Waals surface area contributed by atoms with Crippen molar-refractivity contribution in [2.24, 2.45) is 0 Å². The molecule has 23 heavy (non-hydrogen) atoms. The maximum absolute atomic E-state index is 9.96. The van der Waals surface area contributed by atoms with E-state index in [1.165, 1.54) is 11.8 Å². The van der Waals surface area contributed by atoms with Crippen molar-refractivity contribution in [3.8, 4) is 17.2 Å². The van der Waals surface area contributed by atoms with Gasteiger partial charge in [0.25, 0.3) is 5.22 Å². The van der Waals surface area contributed by atoms with Crippen molar-refractivity contribution in [1.82, 2.24) is 10.2 Å². The summed E-state index contributed by atoms with van der Waals surface area (Å²) >= 11 is 1.31. The third-order valence-electron chi connectivity index (χ3n) is 3.01. The van der Waals surface area contributed by atoms with Gasteiger partial charge < -0.3 is 14.3 Å². The molecule has 1 N–H and O–H groups in total. The van der Waals surface area contributed by atoms with Crippen LogP contribution >= 0.6 is 11.8 Å². The maximum Gasteiger partial charge on any atom is 0.276 e. The minimum absolute atomic E-state index is 0.219. The zero-order chi connectivity index (χ0) is 15.9. The van der Waals surface area contributed by atoms with E-state index >= 15 is 0 Å². The number of nitrogens with zero attached hydrogens (tertiary/aromatic N) is 2. The van der Waals surface area contributed by atoms with Crippen LogP contribution in [0.15, 0.2) is 70.3 Å². The highest BCUT2D eigenvalue weighted by atomic mass is 32.2. The molecule has 0 aliphatic rings. The summed E-state index contributed by atoms with van der Waals surface area (Å²) in [6.07, 6.45) is -0.618. The van der Waals surface area contributed by atoms with Gasteiger partial charge in [0.15, 0.2) is 0 Å². The fourth-order valence-corrected chi connectivity index (χ4v) is 2.56. The van der Waals surface area contributed by atoms with Gasteiger partial charge in [0.2, 0.25) is 5.89 Å². The van der Waals surface area contributed by atoms with Gasteiger partial charge >= 0.3 is 0 Å². The van der Waals surface area contributed by atoms with Crippen molar-refractivity contribution >= 4 is 11.8 Å². The van der Waals surface area contributed by atoms with E-state index < -0.39 is 6.10 Å². The lowest BCUT2D eigenvalue weighted by atomic mass is 10.2. The molecule has 0 bridgehead atoms. The number of para-hydroxylation sites is 1. The first-order chi connectivity index (χ1) is 11.3. The van der Waals surface area contributed by atoms with Crippen LogP contribution in [0.25, 0.3) is 11.5 Å². The zero-order valence-electron chi connectivity index (χ0n) is 12.3. The molecule has 0 saturated carbocycles. The molecular weight excluding hydrogens is 312 g/mol. The second kappa shape index (κ2) is 7.80. The Hall–Kier alpha value is -2.31. The van der Waals surface area contributed by atoms with Crippen LogP contribution in [-0.4, -0.2) is 33.8 Å². The highest BCUT2D eigenvalue weighted by Crippen LogP contribution is 2.23. The van der Waals surface area contributed by atoms with Crippen molar-refractivity contribution < 1.29 is 14.3 Å². The van der Waals surface area contributed by atoms with E-state index in [1.807, 2.05) is 60.7 Å². The summed E-state index contributed by atoms with van der Waals surface area (Å²) in [6.45, 7) is 0.219. The lowest BCUT2D eigenvalue weighted by molar-refractivity contribution is 0.126. The number of aliphatic hydroxyl groups excluding tert-OH is 1. The van der Waals surface area contributed by atoms with Crippen LogP contribution in [0.5, 0.6) is 5.75 Å². The van der Waals surface area contributed by atoms with Gasteiger partial charge in [0, 0.05) is 11.3 Å². The van der Waals surface area contributed by atoms with Crippen molar-refractivity contribution in [3.05, 3.63) is 60.7 Å². The number of benzene rings is 2. The Balaban J connectivity index is 1.48. The van der Waals surface area contributed by atoms with E-state index in [1.54, 1.807) is 0 Å². The van der Waals surface area contributed by atoms with Crippen molar-refractivity contribution in [1.29, 1.82) is 0 Å². The molecule has 0 fully saturated rings. The molecule has 0 unspecified atom stereocenters. The Morgan fingerprint density at radius 3 is 2.43 bits per heavy atom. The molecule has 0 aliphatic heterocycles. The standard InChI is InChI=1S/C17H16N2O3S/c20-14(11-21-15-9-5-2-6-10-15)12-23-17-19-18-16(22-17)13-7-3-1-4-8-13/h1-10,14,20H,11-12H2/t14-/m1/s1. The Bertz CT molecular complexity index is 719. The fourth-order valence-electron chi connectivity index (χ4n) is 1.89. The second-order valence-electron chi connectivity index (χ2n) is 4.83. The molecule has 0 radical (unpaired) electrons. The number of hydrogen-bond donors (Lipinski definition) is 1. The number of ether oxygens (including phenoxy) is 1. The molecule has 0 amide bonds. The van der Waals surface area contributed by atoms with Crippen molar-refractivity contribution in [2.45, 2.75) is 11.3 Å². The summed E-state index contributed by atoms with van der Waals surface area (Å²) < 4.78 is 11.1. The predicted molar refractivity (Wildman–Crippen MR) is 88.4 cm³/mol. The first kappa shape index (κ1) is 15.6. The molecule has 0 spiro atoms. The second-order valence-corrected chi connectivity index (χ2v) is 5.80. The average Bonchev–Trinajstić information content (AvgIpc) is 3.09. The Kier molecular flexibility index (Phi) is 5.29. The highest BCUT2D eigenvalue weighted by Gasteiger charge is 2.12. The first-order valence-corrected chi connectivity index (χ1v) is 8.17. The number of rotatable bonds is 7. The van der Waals surface area contributed by atoms with Gasteiger partial charge in [-0.25, -0.2) is 0 Å². The summed E-state index contributed by atoms with van der Waals surface area (Å²) in [6, 6.07) is 19.0.